The van der Waals surface area contributed by atoms with Crippen LogP contribution in [0.1, 0.15) is 43.9 Å². The van der Waals surface area contributed by atoms with Crippen LogP contribution in [0.5, 0.6) is 11.5 Å². The maximum absolute atomic E-state index is 11.0. The highest BCUT2D eigenvalue weighted by Gasteiger charge is 2.29. The van der Waals surface area contributed by atoms with Crippen molar-refractivity contribution in [3.8, 4) is 11.5 Å². The zero-order valence-electron chi connectivity index (χ0n) is 16.8. The lowest BCUT2D eigenvalue weighted by Gasteiger charge is -2.30. The second kappa shape index (κ2) is 8.45. The van der Waals surface area contributed by atoms with Crippen LogP contribution in [0.3, 0.4) is 0 Å². The van der Waals surface area contributed by atoms with E-state index in [1.165, 1.54) is 0 Å². The van der Waals surface area contributed by atoms with Crippen molar-refractivity contribution in [1.82, 2.24) is 0 Å². The summed E-state index contributed by atoms with van der Waals surface area (Å²) in [5.41, 5.74) is 1.03. The fraction of sp³-hybridized carbons (Fsp3) is 0.333. The van der Waals surface area contributed by atoms with Crippen LogP contribution in [-0.2, 0) is 12.2 Å². The molecule has 1 N–H and O–H groups in total. The number of benzene rings is 2. The summed E-state index contributed by atoms with van der Waals surface area (Å²) in [7, 11) is 0. The zero-order chi connectivity index (χ0) is 20.1. The molecular formula is C24H30O3. The molecule has 0 aliphatic heterocycles. The van der Waals surface area contributed by atoms with E-state index in [-0.39, 0.29) is 0 Å². The van der Waals surface area contributed by atoms with E-state index in [4.69, 9.17) is 9.47 Å². The van der Waals surface area contributed by atoms with E-state index in [9.17, 15) is 5.11 Å². The van der Waals surface area contributed by atoms with Gasteiger partial charge in [0.25, 0.3) is 0 Å². The normalized spacial score (nSPS) is 13.5. The van der Waals surface area contributed by atoms with Crippen LogP contribution < -0.4 is 9.47 Å². The van der Waals surface area contributed by atoms with E-state index in [0.717, 1.165) is 16.9 Å². The Morgan fingerprint density at radius 3 is 2.30 bits per heavy atom. The van der Waals surface area contributed by atoms with Gasteiger partial charge in [0.1, 0.15) is 23.7 Å². The maximum atomic E-state index is 11.0. The molecule has 0 amide bonds. The Morgan fingerprint density at radius 2 is 1.70 bits per heavy atom. The Balaban J connectivity index is 2.41. The second-order valence-corrected chi connectivity index (χ2v) is 7.56. The predicted octanol–water partition coefficient (Wildman–Crippen LogP) is 5.70. The summed E-state index contributed by atoms with van der Waals surface area (Å²) in [5, 5.41) is 11.0. The Morgan fingerprint density at radius 1 is 1.04 bits per heavy atom. The molecule has 0 saturated heterocycles. The Labute approximate surface area is 163 Å². The summed E-state index contributed by atoms with van der Waals surface area (Å²) in [6.45, 7) is 15.6. The lowest BCUT2D eigenvalue weighted by Crippen LogP contribution is -2.28. The molecule has 2 aromatic rings. The van der Waals surface area contributed by atoms with Gasteiger partial charge in [-0.15, -0.1) is 6.58 Å². The molecule has 0 aliphatic carbocycles. The van der Waals surface area contributed by atoms with Gasteiger partial charge in [-0.05, 0) is 63.5 Å². The minimum Gasteiger partial charge on any atom is -0.489 e. The molecule has 1 unspecified atom stereocenters. The van der Waals surface area contributed by atoms with Crippen molar-refractivity contribution in [2.75, 3.05) is 0 Å². The highest BCUT2D eigenvalue weighted by Crippen LogP contribution is 2.39. The predicted molar refractivity (Wildman–Crippen MR) is 111 cm³/mol. The molecule has 0 radical (unpaired) electrons. The molecule has 0 saturated carbocycles. The summed E-state index contributed by atoms with van der Waals surface area (Å²) >= 11 is 0. The topological polar surface area (TPSA) is 38.7 Å². The Kier molecular flexibility index (Phi) is 6.50. The van der Waals surface area contributed by atoms with Crippen molar-refractivity contribution >= 4 is 0 Å². The minimum atomic E-state index is -1.12. The van der Waals surface area contributed by atoms with Crippen LogP contribution in [0.2, 0.25) is 0 Å². The molecule has 0 bridgehead atoms. The summed E-state index contributed by atoms with van der Waals surface area (Å²) in [6, 6.07) is 13.8. The molecule has 2 aromatic carbocycles. The summed E-state index contributed by atoms with van der Waals surface area (Å²) in [5.74, 6) is 1.35. The third-order valence-electron chi connectivity index (χ3n) is 4.50. The Bertz CT molecular complexity index is 789. The van der Waals surface area contributed by atoms with E-state index < -0.39 is 11.2 Å². The average Bonchev–Trinajstić information content (AvgIpc) is 2.61. The van der Waals surface area contributed by atoms with E-state index >= 15 is 0 Å². The smallest absolute Gasteiger partial charge is 0.127 e. The van der Waals surface area contributed by atoms with Gasteiger partial charge in [-0.25, -0.2) is 0 Å². The molecule has 0 fully saturated rings. The summed E-state index contributed by atoms with van der Waals surface area (Å²) in [6.07, 6.45) is 3.85. The quantitative estimate of drug-likeness (QED) is 0.579. The minimum absolute atomic E-state index is 0.402. The zero-order valence-corrected chi connectivity index (χ0v) is 16.8. The van der Waals surface area contributed by atoms with Crippen molar-refractivity contribution in [1.29, 1.82) is 0 Å². The number of ether oxygens (including phenoxy) is 2. The number of aryl methyl sites for hydroxylation is 1. The van der Waals surface area contributed by atoms with Crippen LogP contribution in [0.4, 0.5) is 0 Å². The van der Waals surface area contributed by atoms with E-state index in [1.54, 1.807) is 19.1 Å². The molecule has 0 spiro atoms. The standard InChI is InChI=1S/C24H30O3/c1-7-14-24(6,25)20-16-21(26-17-19-12-10-9-11-13-19)18(3)15-22(20)27-23(4,5)8-2/h7-13,15-16,25H,1-2,14,17H2,3-6H3. The molecule has 144 valence electrons. The first-order chi connectivity index (χ1) is 12.7. The van der Waals surface area contributed by atoms with Gasteiger partial charge in [0.2, 0.25) is 0 Å². The molecule has 27 heavy (non-hydrogen) atoms. The first kappa shape index (κ1) is 20.8. The number of rotatable bonds is 9. The molecule has 3 heteroatoms. The van der Waals surface area contributed by atoms with Crippen molar-refractivity contribution in [2.45, 2.75) is 51.9 Å². The van der Waals surface area contributed by atoms with Gasteiger partial charge in [-0.3, -0.25) is 0 Å². The van der Waals surface area contributed by atoms with Crippen molar-refractivity contribution < 1.29 is 14.6 Å². The molecule has 2 rings (SSSR count). The van der Waals surface area contributed by atoms with Crippen LogP contribution >= 0.6 is 0 Å². The van der Waals surface area contributed by atoms with Gasteiger partial charge in [0.05, 0.1) is 5.60 Å². The largest absolute Gasteiger partial charge is 0.489 e. The van der Waals surface area contributed by atoms with Gasteiger partial charge in [-0.2, -0.15) is 0 Å². The van der Waals surface area contributed by atoms with E-state index in [2.05, 4.69) is 13.2 Å². The fourth-order valence-electron chi connectivity index (χ4n) is 2.77. The van der Waals surface area contributed by atoms with Gasteiger partial charge in [-0.1, -0.05) is 43.0 Å². The highest BCUT2D eigenvalue weighted by molar-refractivity contribution is 5.49. The van der Waals surface area contributed by atoms with Crippen molar-refractivity contribution in [3.63, 3.8) is 0 Å². The number of hydrogen-bond acceptors (Lipinski definition) is 3. The maximum Gasteiger partial charge on any atom is 0.127 e. The van der Waals surface area contributed by atoms with Crippen molar-refractivity contribution in [2.24, 2.45) is 0 Å². The lowest BCUT2D eigenvalue weighted by atomic mass is 9.90. The number of aliphatic hydroxyl groups is 1. The summed E-state index contributed by atoms with van der Waals surface area (Å²) in [4.78, 5) is 0. The average molecular weight is 367 g/mol. The first-order valence-electron chi connectivity index (χ1n) is 9.16. The van der Waals surface area contributed by atoms with Gasteiger partial charge in [0, 0.05) is 5.56 Å². The fourth-order valence-corrected chi connectivity index (χ4v) is 2.77. The van der Waals surface area contributed by atoms with Gasteiger partial charge in [0.15, 0.2) is 0 Å². The molecule has 0 aliphatic rings. The van der Waals surface area contributed by atoms with Gasteiger partial charge < -0.3 is 14.6 Å². The molecular weight excluding hydrogens is 336 g/mol. The lowest BCUT2D eigenvalue weighted by molar-refractivity contribution is 0.0525. The third kappa shape index (κ3) is 5.48. The number of hydrogen-bond donors (Lipinski definition) is 1. The highest BCUT2D eigenvalue weighted by atomic mass is 16.5. The van der Waals surface area contributed by atoms with Crippen LogP contribution in [0, 0.1) is 6.92 Å². The summed E-state index contributed by atoms with van der Waals surface area (Å²) < 4.78 is 12.2. The monoisotopic (exact) mass is 366 g/mol. The van der Waals surface area contributed by atoms with E-state index in [0.29, 0.717) is 24.3 Å². The van der Waals surface area contributed by atoms with E-state index in [1.807, 2.05) is 63.2 Å². The SMILES string of the molecule is C=CCC(C)(O)c1cc(OCc2ccccc2)c(C)cc1OC(C)(C)C=C. The van der Waals surface area contributed by atoms with Crippen LogP contribution in [-0.4, -0.2) is 10.7 Å². The van der Waals surface area contributed by atoms with Crippen LogP contribution in [0.25, 0.3) is 0 Å². The molecule has 0 aromatic heterocycles. The first-order valence-corrected chi connectivity index (χ1v) is 9.16. The molecule has 1 atom stereocenters. The third-order valence-corrected chi connectivity index (χ3v) is 4.50. The Hall–Kier alpha value is -2.52. The second-order valence-electron chi connectivity index (χ2n) is 7.56. The molecule has 3 nitrogen and oxygen atoms in total. The molecule has 0 heterocycles. The van der Waals surface area contributed by atoms with Gasteiger partial charge >= 0.3 is 0 Å². The van der Waals surface area contributed by atoms with Crippen LogP contribution in [0.15, 0.2) is 67.8 Å². The van der Waals surface area contributed by atoms with Crippen molar-refractivity contribution in [3.05, 3.63) is 84.5 Å².